The molecule has 0 aliphatic heterocycles. The molecule has 0 atom stereocenters. The first kappa shape index (κ1) is 46.9. The molecule has 0 fully saturated rings. The molecule has 0 N–H and O–H groups in total. The Morgan fingerprint density at radius 3 is 0.818 bits per heavy atom. The van der Waals surface area contributed by atoms with Gasteiger partial charge in [0.05, 0.1) is 5.41 Å². The van der Waals surface area contributed by atoms with Gasteiger partial charge in [0.25, 0.3) is 0 Å². The van der Waals surface area contributed by atoms with Crippen LogP contribution in [0.2, 0.25) is 0 Å². The number of rotatable bonds is 14. The Morgan fingerprint density at radius 2 is 0.519 bits per heavy atom. The summed E-state index contributed by atoms with van der Waals surface area (Å²) in [5.74, 6) is 0. The van der Waals surface area contributed by atoms with Crippen LogP contribution in [0.3, 0.4) is 0 Å². The fraction of sp³-hybridized carbons (Fsp3) is 0.0411. The van der Waals surface area contributed by atoms with Crippen molar-refractivity contribution < 1.29 is 0 Å². The average molecular weight is 989 g/mol. The molecule has 0 amide bonds. The van der Waals surface area contributed by atoms with Crippen LogP contribution in [-0.4, -0.2) is 0 Å². The molecule has 0 unspecified atom stereocenters. The van der Waals surface area contributed by atoms with Crippen molar-refractivity contribution in [1.82, 2.24) is 0 Å². The summed E-state index contributed by atoms with van der Waals surface area (Å²) in [5.41, 5.74) is 19.0. The van der Waals surface area contributed by atoms with Gasteiger partial charge in [0.2, 0.25) is 0 Å². The highest BCUT2D eigenvalue weighted by molar-refractivity contribution is 5.92. The molecule has 77 heavy (non-hydrogen) atoms. The third kappa shape index (κ3) is 8.76. The van der Waals surface area contributed by atoms with Gasteiger partial charge in [-0.2, -0.15) is 0 Å². The lowest BCUT2D eigenvalue weighted by atomic mass is 9.67. The molecule has 2 aliphatic carbocycles. The molecule has 368 valence electrons. The monoisotopic (exact) mass is 988 g/mol. The highest BCUT2D eigenvalue weighted by Crippen LogP contribution is 2.59. The topological polar surface area (TPSA) is 13.0 Å². The summed E-state index contributed by atoms with van der Waals surface area (Å²) >= 11 is 0. The highest BCUT2D eigenvalue weighted by Gasteiger charge is 2.47. The zero-order chi connectivity index (χ0) is 51.4. The fourth-order valence-corrected chi connectivity index (χ4v) is 11.8. The number of allylic oxidation sites excluding steroid dienone is 3. The van der Waals surface area contributed by atoms with E-state index in [0.717, 1.165) is 92.2 Å². The number of hydrogen-bond acceptors (Lipinski definition) is 4. The molecule has 2 aliphatic rings. The van der Waals surface area contributed by atoms with Crippen LogP contribution in [0.15, 0.2) is 321 Å². The maximum Gasteiger partial charge on any atom is 0.0716 e. The predicted octanol–water partition coefficient (Wildman–Crippen LogP) is 19.8. The lowest BCUT2D eigenvalue weighted by Crippen LogP contribution is -2.30. The maximum atomic E-state index is 2.48. The number of benzene rings is 11. The van der Waals surface area contributed by atoms with Gasteiger partial charge in [-0.3, -0.25) is 0 Å². The summed E-state index contributed by atoms with van der Waals surface area (Å²) in [6.45, 7) is 0. The Labute approximate surface area is 452 Å². The van der Waals surface area contributed by atoms with E-state index in [1.54, 1.807) is 0 Å². The second kappa shape index (κ2) is 20.8. The number of fused-ring (bicyclic) bond motifs is 3. The molecule has 11 aromatic rings. The maximum absolute atomic E-state index is 2.48. The number of nitrogens with zero attached hydrogens (tertiary/aromatic N) is 4. The summed E-state index contributed by atoms with van der Waals surface area (Å²) in [7, 11) is 0. The van der Waals surface area contributed by atoms with Crippen molar-refractivity contribution in [3.8, 4) is 11.1 Å². The predicted molar refractivity (Wildman–Crippen MR) is 323 cm³/mol. The van der Waals surface area contributed by atoms with Crippen molar-refractivity contribution in [3.63, 3.8) is 0 Å². The first-order chi connectivity index (χ1) is 38.2. The zero-order valence-corrected chi connectivity index (χ0v) is 42.7. The van der Waals surface area contributed by atoms with Gasteiger partial charge in [0.1, 0.15) is 0 Å². The van der Waals surface area contributed by atoms with Gasteiger partial charge in [0, 0.05) is 68.3 Å². The van der Waals surface area contributed by atoms with E-state index in [2.05, 4.69) is 335 Å². The van der Waals surface area contributed by atoms with Crippen LogP contribution in [0.5, 0.6) is 0 Å². The molecule has 0 aromatic heterocycles. The number of hydrogen-bond donors (Lipinski definition) is 0. The number of anilines is 11. The van der Waals surface area contributed by atoms with Gasteiger partial charge in [-0.1, -0.05) is 188 Å². The van der Waals surface area contributed by atoms with Crippen LogP contribution >= 0.6 is 0 Å². The second-order valence-electron chi connectivity index (χ2n) is 19.6. The Morgan fingerprint density at radius 1 is 0.247 bits per heavy atom. The third-order valence-electron chi connectivity index (χ3n) is 15.0. The minimum absolute atomic E-state index is 0.876. The molecule has 11 aromatic carbocycles. The van der Waals surface area contributed by atoms with Gasteiger partial charge in [-0.25, -0.2) is 0 Å². The molecule has 0 saturated carbocycles. The molecule has 0 spiro atoms. The molecular weight excluding hydrogens is 933 g/mol. The minimum Gasteiger partial charge on any atom is -0.311 e. The molecule has 0 bridgehead atoms. The summed E-state index contributed by atoms with van der Waals surface area (Å²) in [6.07, 6.45) is 8.96. The van der Waals surface area contributed by atoms with Crippen molar-refractivity contribution in [2.75, 3.05) is 19.6 Å². The SMILES string of the molecule is C1=CC(N(c2ccccc2)c2cc(N(c3ccccc3)c3ccccc3)cc(C3(c4cc(N(c5ccccc5)c5ccccc5)cc(N(c5ccccc5)c5ccccc5)c4)c4ccccc4-c4ccccc43)c2)=CCC1. The van der Waals surface area contributed by atoms with Gasteiger partial charge in [-0.15, -0.1) is 0 Å². The van der Waals surface area contributed by atoms with Crippen LogP contribution in [0.25, 0.3) is 11.1 Å². The van der Waals surface area contributed by atoms with E-state index in [0.29, 0.717) is 0 Å². The molecule has 0 radical (unpaired) electrons. The Balaban J connectivity index is 1.19. The highest BCUT2D eigenvalue weighted by atomic mass is 15.2. The van der Waals surface area contributed by atoms with Crippen LogP contribution in [0.1, 0.15) is 35.1 Å². The Kier molecular flexibility index (Phi) is 12.6. The summed E-state index contributed by atoms with van der Waals surface area (Å²) in [5, 5.41) is 0. The normalized spacial score (nSPS) is 13.0. The smallest absolute Gasteiger partial charge is 0.0716 e. The van der Waals surface area contributed by atoms with Crippen LogP contribution in [0, 0.1) is 0 Å². The standard InChI is InChI=1S/C73H56N4/c1-9-29-57(30-10-1)74(58-31-11-2-12-32-58)65-49-55(50-66(53-65)75(59-33-13-3-14-34-59)60-35-15-4-16-36-60)73(71-47-27-25-45-69(71)70-46-26-28-48-72(70)73)56-51-67(76(61-37-17-5-18-38-61)62-39-19-6-20-40-62)54-68(52-56)77(63-41-21-7-22-42-63)64-43-23-8-24-44-64/h1-7,9-23,25-54H,8,24H2. The first-order valence-electron chi connectivity index (χ1n) is 26.7. The quantitative estimate of drug-likeness (QED) is 0.108. The molecule has 4 nitrogen and oxygen atoms in total. The van der Waals surface area contributed by atoms with Gasteiger partial charge in [-0.05, 0) is 174 Å². The Hall–Kier alpha value is -9.90. The summed E-state index contributed by atoms with van der Waals surface area (Å²) in [6, 6.07) is 109. The zero-order valence-electron chi connectivity index (χ0n) is 42.7. The van der Waals surface area contributed by atoms with E-state index in [1.165, 1.54) is 22.3 Å². The third-order valence-corrected chi connectivity index (χ3v) is 15.0. The van der Waals surface area contributed by atoms with E-state index in [9.17, 15) is 0 Å². The lowest BCUT2D eigenvalue weighted by molar-refractivity contribution is 0.768. The van der Waals surface area contributed by atoms with E-state index in [1.807, 2.05) is 0 Å². The largest absolute Gasteiger partial charge is 0.311 e. The van der Waals surface area contributed by atoms with Crippen LogP contribution in [-0.2, 0) is 5.41 Å². The van der Waals surface area contributed by atoms with Crippen molar-refractivity contribution >= 4 is 62.6 Å². The van der Waals surface area contributed by atoms with Crippen molar-refractivity contribution in [2.45, 2.75) is 18.3 Å². The molecule has 13 rings (SSSR count). The van der Waals surface area contributed by atoms with E-state index < -0.39 is 5.41 Å². The van der Waals surface area contributed by atoms with Gasteiger partial charge >= 0.3 is 0 Å². The summed E-state index contributed by atoms with van der Waals surface area (Å²) in [4.78, 5) is 9.70. The molecular formula is C73H56N4. The number of para-hydroxylation sites is 7. The first-order valence-corrected chi connectivity index (χ1v) is 26.7. The Bertz CT molecular complexity index is 3600. The lowest BCUT2D eigenvalue weighted by Gasteiger charge is -2.39. The average Bonchev–Trinajstić information content (AvgIpc) is 4.06. The van der Waals surface area contributed by atoms with E-state index in [-0.39, 0.29) is 0 Å². The fourth-order valence-electron chi connectivity index (χ4n) is 11.8. The molecule has 4 heteroatoms. The molecule has 0 heterocycles. The van der Waals surface area contributed by atoms with Gasteiger partial charge < -0.3 is 19.6 Å². The van der Waals surface area contributed by atoms with E-state index in [4.69, 9.17) is 0 Å². The second-order valence-corrected chi connectivity index (χ2v) is 19.6. The van der Waals surface area contributed by atoms with E-state index >= 15 is 0 Å². The van der Waals surface area contributed by atoms with Crippen molar-refractivity contribution in [1.29, 1.82) is 0 Å². The summed E-state index contributed by atoms with van der Waals surface area (Å²) < 4.78 is 0. The van der Waals surface area contributed by atoms with Crippen molar-refractivity contribution in [3.05, 3.63) is 343 Å². The minimum atomic E-state index is -0.876. The van der Waals surface area contributed by atoms with Crippen LogP contribution < -0.4 is 19.6 Å². The van der Waals surface area contributed by atoms with Gasteiger partial charge in [0.15, 0.2) is 0 Å². The molecule has 0 saturated heterocycles. The van der Waals surface area contributed by atoms with Crippen LogP contribution in [0.4, 0.5) is 62.6 Å². The van der Waals surface area contributed by atoms with Crippen molar-refractivity contribution in [2.24, 2.45) is 0 Å².